The molecule has 2 aromatic rings. The molecule has 2 rings (SSSR count). The van der Waals surface area contributed by atoms with Crippen molar-refractivity contribution in [3.05, 3.63) is 36.0 Å². The summed E-state index contributed by atoms with van der Waals surface area (Å²) >= 11 is 0. The molecule has 7 heteroatoms. The van der Waals surface area contributed by atoms with Gasteiger partial charge in [-0.25, -0.2) is 8.78 Å². The second kappa shape index (κ2) is 3.84. The molecule has 0 amide bonds. The van der Waals surface area contributed by atoms with E-state index >= 15 is 0 Å². The molecule has 0 atom stereocenters. The first kappa shape index (κ1) is 10.5. The maximum atomic E-state index is 13.2. The van der Waals surface area contributed by atoms with Gasteiger partial charge in [0.05, 0.1) is 11.9 Å². The molecule has 0 aliphatic rings. The van der Waals surface area contributed by atoms with Crippen LogP contribution in [0.4, 0.5) is 24.7 Å². The molecule has 84 valence electrons. The van der Waals surface area contributed by atoms with Gasteiger partial charge in [-0.2, -0.15) is 14.5 Å². The monoisotopic (exact) mass is 228 g/mol. The number of nitrogens with zero attached hydrogens (tertiary/aromatic N) is 3. The Hall–Kier alpha value is -2.05. The molecule has 2 heterocycles. The van der Waals surface area contributed by atoms with Crippen molar-refractivity contribution in [2.75, 3.05) is 5.32 Å². The topological polar surface area (TPSA) is 42.7 Å². The van der Waals surface area contributed by atoms with Gasteiger partial charge in [-0.15, -0.1) is 0 Å². The van der Waals surface area contributed by atoms with E-state index in [1.165, 1.54) is 10.9 Å². The molecule has 16 heavy (non-hydrogen) atoms. The van der Waals surface area contributed by atoms with E-state index in [0.29, 0.717) is 11.8 Å². The zero-order chi connectivity index (χ0) is 11.7. The number of aryl methyl sites for hydroxylation is 1. The van der Waals surface area contributed by atoms with Crippen LogP contribution in [-0.4, -0.2) is 14.8 Å². The Morgan fingerprint density at radius 3 is 2.62 bits per heavy atom. The van der Waals surface area contributed by atoms with Crippen molar-refractivity contribution in [3.63, 3.8) is 0 Å². The number of hydrogen-bond acceptors (Lipinski definition) is 3. The SMILES string of the molecule is Cn1cc(Nc2nc(F)c(F)cc2F)cn1. The Labute approximate surface area is 88.7 Å². The highest BCUT2D eigenvalue weighted by Crippen LogP contribution is 2.18. The smallest absolute Gasteiger partial charge is 0.251 e. The second-order valence-corrected chi connectivity index (χ2v) is 3.12. The van der Waals surface area contributed by atoms with E-state index in [1.807, 2.05) is 0 Å². The molecule has 4 nitrogen and oxygen atoms in total. The number of pyridine rings is 1. The first-order chi connectivity index (χ1) is 7.56. The standard InChI is InChI=1S/C9H7F3N4/c1-16-4-5(3-13-16)14-9-7(11)2-6(10)8(12)15-9/h2-4H,1H3,(H,14,15). The van der Waals surface area contributed by atoms with Gasteiger partial charge in [-0.3, -0.25) is 4.68 Å². The number of halogens is 3. The lowest BCUT2D eigenvalue weighted by molar-refractivity contribution is 0.467. The van der Waals surface area contributed by atoms with E-state index in [2.05, 4.69) is 15.4 Å². The fourth-order valence-corrected chi connectivity index (χ4v) is 1.15. The van der Waals surface area contributed by atoms with Crippen molar-refractivity contribution in [1.29, 1.82) is 0 Å². The van der Waals surface area contributed by atoms with E-state index in [0.717, 1.165) is 0 Å². The zero-order valence-electron chi connectivity index (χ0n) is 8.21. The van der Waals surface area contributed by atoms with Gasteiger partial charge in [0.15, 0.2) is 17.5 Å². The third kappa shape index (κ3) is 1.97. The highest BCUT2D eigenvalue weighted by molar-refractivity contribution is 5.54. The summed E-state index contributed by atoms with van der Waals surface area (Å²) in [5.41, 5.74) is 0.430. The first-order valence-electron chi connectivity index (χ1n) is 4.33. The van der Waals surface area contributed by atoms with Crippen molar-refractivity contribution in [2.24, 2.45) is 7.05 Å². The Bertz CT molecular complexity index is 523. The van der Waals surface area contributed by atoms with Crippen LogP contribution in [-0.2, 0) is 7.05 Å². The van der Waals surface area contributed by atoms with Crippen molar-refractivity contribution in [2.45, 2.75) is 0 Å². The number of nitrogens with one attached hydrogen (secondary N) is 1. The normalized spacial score (nSPS) is 10.5. The predicted octanol–water partition coefficient (Wildman–Crippen LogP) is 1.98. The molecular weight excluding hydrogens is 221 g/mol. The van der Waals surface area contributed by atoms with Crippen molar-refractivity contribution >= 4 is 11.5 Å². The van der Waals surface area contributed by atoms with Crippen LogP contribution in [0.15, 0.2) is 18.5 Å². The van der Waals surface area contributed by atoms with Gasteiger partial charge in [0.1, 0.15) is 0 Å². The largest absolute Gasteiger partial charge is 0.335 e. The van der Waals surface area contributed by atoms with Gasteiger partial charge in [0, 0.05) is 19.3 Å². The Kier molecular flexibility index (Phi) is 2.51. The molecule has 0 fully saturated rings. The lowest BCUT2D eigenvalue weighted by Crippen LogP contribution is -2.01. The molecule has 0 saturated carbocycles. The third-order valence-electron chi connectivity index (χ3n) is 1.85. The van der Waals surface area contributed by atoms with Crippen molar-refractivity contribution in [1.82, 2.24) is 14.8 Å². The summed E-state index contributed by atoms with van der Waals surface area (Å²) in [5.74, 6) is -4.03. The quantitative estimate of drug-likeness (QED) is 0.799. The van der Waals surface area contributed by atoms with E-state index < -0.39 is 17.6 Å². The average molecular weight is 228 g/mol. The number of anilines is 2. The fourth-order valence-electron chi connectivity index (χ4n) is 1.15. The summed E-state index contributed by atoms with van der Waals surface area (Å²) < 4.78 is 40.0. The Morgan fingerprint density at radius 2 is 2.00 bits per heavy atom. The van der Waals surface area contributed by atoms with Gasteiger partial charge >= 0.3 is 0 Å². The second-order valence-electron chi connectivity index (χ2n) is 3.12. The van der Waals surface area contributed by atoms with Gasteiger partial charge in [0.25, 0.3) is 5.95 Å². The third-order valence-corrected chi connectivity index (χ3v) is 1.85. The maximum absolute atomic E-state index is 13.2. The van der Waals surface area contributed by atoms with E-state index in [9.17, 15) is 13.2 Å². The minimum atomic E-state index is -1.35. The summed E-state index contributed by atoms with van der Waals surface area (Å²) in [6, 6.07) is 0.432. The minimum absolute atomic E-state index is 0.382. The van der Waals surface area contributed by atoms with Crippen LogP contribution >= 0.6 is 0 Å². The Morgan fingerprint density at radius 1 is 1.25 bits per heavy atom. The number of rotatable bonds is 2. The molecule has 2 aromatic heterocycles. The van der Waals surface area contributed by atoms with Crippen molar-refractivity contribution in [3.8, 4) is 0 Å². The molecule has 1 N–H and O–H groups in total. The van der Waals surface area contributed by atoms with E-state index in [1.54, 1.807) is 13.2 Å². The highest BCUT2D eigenvalue weighted by atomic mass is 19.2. The lowest BCUT2D eigenvalue weighted by atomic mass is 10.4. The molecule has 0 unspecified atom stereocenters. The van der Waals surface area contributed by atoms with Crippen LogP contribution in [0.25, 0.3) is 0 Å². The number of aromatic nitrogens is 3. The molecule has 0 bridgehead atoms. The first-order valence-corrected chi connectivity index (χ1v) is 4.33. The van der Waals surface area contributed by atoms with E-state index in [-0.39, 0.29) is 5.82 Å². The van der Waals surface area contributed by atoms with Crippen LogP contribution in [0.2, 0.25) is 0 Å². The van der Waals surface area contributed by atoms with Crippen molar-refractivity contribution < 1.29 is 13.2 Å². The maximum Gasteiger partial charge on any atom is 0.251 e. The van der Waals surface area contributed by atoms with Crippen LogP contribution in [0.5, 0.6) is 0 Å². The molecule has 0 spiro atoms. The summed E-state index contributed by atoms with van der Waals surface area (Å²) in [6.45, 7) is 0. The fraction of sp³-hybridized carbons (Fsp3) is 0.111. The molecule has 0 radical (unpaired) electrons. The molecule has 0 aromatic carbocycles. The van der Waals surface area contributed by atoms with Gasteiger partial charge < -0.3 is 5.32 Å². The predicted molar refractivity (Wildman–Crippen MR) is 50.6 cm³/mol. The van der Waals surface area contributed by atoms with Crippen LogP contribution < -0.4 is 5.32 Å². The van der Waals surface area contributed by atoms with Crippen LogP contribution in [0, 0.1) is 17.6 Å². The Balaban J connectivity index is 2.31. The molecule has 0 saturated heterocycles. The van der Waals surface area contributed by atoms with Gasteiger partial charge in [-0.05, 0) is 0 Å². The molecular formula is C9H7F3N4. The summed E-state index contributed by atoms with van der Waals surface area (Å²) in [6.07, 6.45) is 2.95. The molecule has 0 aliphatic heterocycles. The highest BCUT2D eigenvalue weighted by Gasteiger charge is 2.11. The summed E-state index contributed by atoms with van der Waals surface area (Å²) in [4.78, 5) is 3.11. The summed E-state index contributed by atoms with van der Waals surface area (Å²) in [5, 5.41) is 6.30. The lowest BCUT2D eigenvalue weighted by Gasteiger charge is -2.03. The van der Waals surface area contributed by atoms with Crippen LogP contribution in [0.3, 0.4) is 0 Å². The van der Waals surface area contributed by atoms with E-state index in [4.69, 9.17) is 0 Å². The van der Waals surface area contributed by atoms with Gasteiger partial charge in [0.2, 0.25) is 0 Å². The number of hydrogen-bond donors (Lipinski definition) is 1. The van der Waals surface area contributed by atoms with Crippen LogP contribution in [0.1, 0.15) is 0 Å². The average Bonchev–Trinajstić information content (AvgIpc) is 2.60. The minimum Gasteiger partial charge on any atom is -0.335 e. The van der Waals surface area contributed by atoms with Gasteiger partial charge in [-0.1, -0.05) is 0 Å². The molecule has 0 aliphatic carbocycles. The zero-order valence-corrected chi connectivity index (χ0v) is 8.21. The summed E-state index contributed by atoms with van der Waals surface area (Å²) in [7, 11) is 1.67.